The van der Waals surface area contributed by atoms with E-state index in [0.29, 0.717) is 11.1 Å². The zero-order valence-electron chi connectivity index (χ0n) is 8.21. The quantitative estimate of drug-likeness (QED) is 0.438. The van der Waals surface area contributed by atoms with E-state index in [0.717, 1.165) is 5.56 Å². The van der Waals surface area contributed by atoms with Crippen LogP contribution in [0.15, 0.2) is 41.0 Å². The Balaban J connectivity index is 2.51. The molecule has 1 heterocycles. The van der Waals surface area contributed by atoms with Crippen LogP contribution < -0.4 is 0 Å². The van der Waals surface area contributed by atoms with Gasteiger partial charge in [0.2, 0.25) is 0 Å². The van der Waals surface area contributed by atoms with Gasteiger partial charge in [0.1, 0.15) is 11.2 Å². The molecule has 78 valence electrons. The van der Waals surface area contributed by atoms with Crippen molar-refractivity contribution in [2.24, 2.45) is 0 Å². The van der Waals surface area contributed by atoms with E-state index < -0.39 is 4.92 Å². The molecule has 0 aliphatic rings. The van der Waals surface area contributed by atoms with E-state index in [1.165, 1.54) is 12.3 Å². The molecule has 1 aromatic carbocycles. The summed E-state index contributed by atoms with van der Waals surface area (Å²) in [5.41, 5.74) is 2.04. The average molecular weight is 213 g/mol. The van der Waals surface area contributed by atoms with Crippen LogP contribution in [0.2, 0.25) is 0 Å². The average Bonchev–Trinajstić information content (AvgIpc) is 2.78. The van der Waals surface area contributed by atoms with Crippen molar-refractivity contribution < 1.29 is 9.34 Å². The molecule has 1 aromatic heterocycles. The first-order chi connectivity index (χ1) is 7.72. The first kappa shape index (κ1) is 9.99. The van der Waals surface area contributed by atoms with Crippen molar-refractivity contribution in [1.29, 1.82) is 0 Å². The summed E-state index contributed by atoms with van der Waals surface area (Å²) in [4.78, 5) is 9.89. The maximum absolute atomic E-state index is 10.5. The van der Waals surface area contributed by atoms with E-state index in [1.807, 2.05) is 12.1 Å². The van der Waals surface area contributed by atoms with Gasteiger partial charge in [-0.15, -0.1) is 6.42 Å². The molecule has 0 aliphatic carbocycles. The van der Waals surface area contributed by atoms with Crippen LogP contribution in [0.25, 0.3) is 11.1 Å². The minimum atomic E-state index is -0.581. The number of nitrogens with zero attached hydrogens (tertiary/aromatic N) is 1. The minimum Gasteiger partial charge on any atom is -0.409 e. The molecule has 16 heavy (non-hydrogen) atoms. The van der Waals surface area contributed by atoms with Gasteiger partial charge in [-0.2, -0.15) is 0 Å². The molecule has 0 fully saturated rings. The molecule has 0 saturated carbocycles. The van der Waals surface area contributed by atoms with Crippen LogP contribution >= 0.6 is 0 Å². The SMILES string of the molecule is C#Cc1ccccc1-c1coc([N+](=O)[O-])c1. The Morgan fingerprint density at radius 3 is 2.75 bits per heavy atom. The van der Waals surface area contributed by atoms with Gasteiger partial charge in [0.15, 0.2) is 0 Å². The maximum atomic E-state index is 10.5. The molecule has 0 atom stereocenters. The lowest BCUT2D eigenvalue weighted by molar-refractivity contribution is -0.402. The molecule has 0 amide bonds. The number of benzene rings is 1. The van der Waals surface area contributed by atoms with Gasteiger partial charge in [-0.3, -0.25) is 10.1 Å². The first-order valence-electron chi connectivity index (χ1n) is 4.51. The number of terminal acetylenes is 1. The minimum absolute atomic E-state index is 0.290. The molecule has 4 heteroatoms. The Morgan fingerprint density at radius 2 is 2.12 bits per heavy atom. The second-order valence-electron chi connectivity index (χ2n) is 3.12. The van der Waals surface area contributed by atoms with E-state index in [4.69, 9.17) is 10.8 Å². The third-order valence-electron chi connectivity index (χ3n) is 2.16. The van der Waals surface area contributed by atoms with Crippen LogP contribution in [0.1, 0.15) is 5.56 Å². The van der Waals surface area contributed by atoms with Crippen molar-refractivity contribution in [2.75, 3.05) is 0 Å². The lowest BCUT2D eigenvalue weighted by Crippen LogP contribution is -1.83. The van der Waals surface area contributed by atoms with Gasteiger partial charge in [0.25, 0.3) is 0 Å². The van der Waals surface area contributed by atoms with Crippen LogP contribution in [-0.2, 0) is 0 Å². The largest absolute Gasteiger partial charge is 0.433 e. The third kappa shape index (κ3) is 1.66. The molecule has 0 spiro atoms. The topological polar surface area (TPSA) is 56.3 Å². The molecular weight excluding hydrogens is 206 g/mol. The number of hydrogen-bond donors (Lipinski definition) is 0. The monoisotopic (exact) mass is 213 g/mol. The van der Waals surface area contributed by atoms with Crippen LogP contribution in [-0.4, -0.2) is 4.92 Å². The van der Waals surface area contributed by atoms with E-state index in [9.17, 15) is 10.1 Å². The molecule has 2 aromatic rings. The van der Waals surface area contributed by atoms with E-state index >= 15 is 0 Å². The van der Waals surface area contributed by atoms with Gasteiger partial charge in [0.05, 0.1) is 6.07 Å². The van der Waals surface area contributed by atoms with E-state index in [2.05, 4.69) is 5.92 Å². The van der Waals surface area contributed by atoms with Crippen LogP contribution in [0.5, 0.6) is 0 Å². The fourth-order valence-corrected chi connectivity index (χ4v) is 1.42. The van der Waals surface area contributed by atoms with E-state index in [-0.39, 0.29) is 5.88 Å². The molecule has 0 N–H and O–H groups in total. The van der Waals surface area contributed by atoms with Crippen LogP contribution in [0, 0.1) is 22.5 Å². The van der Waals surface area contributed by atoms with Gasteiger partial charge >= 0.3 is 5.88 Å². The molecular formula is C12H7NO3. The summed E-state index contributed by atoms with van der Waals surface area (Å²) in [6.07, 6.45) is 6.67. The zero-order chi connectivity index (χ0) is 11.5. The summed E-state index contributed by atoms with van der Waals surface area (Å²) < 4.78 is 4.81. The van der Waals surface area contributed by atoms with Gasteiger partial charge < -0.3 is 4.42 Å². The number of furan rings is 1. The Kier molecular flexibility index (Phi) is 2.44. The molecule has 0 aliphatic heterocycles. The smallest absolute Gasteiger partial charge is 0.409 e. The van der Waals surface area contributed by atoms with Gasteiger partial charge in [-0.1, -0.05) is 24.1 Å². The highest BCUT2D eigenvalue weighted by molar-refractivity contribution is 5.71. The van der Waals surface area contributed by atoms with Gasteiger partial charge in [0, 0.05) is 16.7 Å². The van der Waals surface area contributed by atoms with Gasteiger partial charge in [-0.05, 0) is 6.07 Å². The van der Waals surface area contributed by atoms with Crippen molar-refractivity contribution in [3.8, 4) is 23.5 Å². The summed E-state index contributed by atoms with van der Waals surface area (Å²) >= 11 is 0. The van der Waals surface area contributed by atoms with Gasteiger partial charge in [-0.25, -0.2) is 0 Å². The zero-order valence-corrected chi connectivity index (χ0v) is 8.21. The Labute approximate surface area is 91.7 Å². The highest BCUT2D eigenvalue weighted by atomic mass is 16.6. The Morgan fingerprint density at radius 1 is 1.38 bits per heavy atom. The Bertz CT molecular complexity index is 578. The van der Waals surface area contributed by atoms with Crippen molar-refractivity contribution in [3.63, 3.8) is 0 Å². The third-order valence-corrected chi connectivity index (χ3v) is 2.16. The summed E-state index contributed by atoms with van der Waals surface area (Å²) in [7, 11) is 0. The molecule has 0 radical (unpaired) electrons. The lowest BCUT2D eigenvalue weighted by atomic mass is 10.0. The molecule has 0 bridgehead atoms. The van der Waals surface area contributed by atoms with E-state index in [1.54, 1.807) is 12.1 Å². The predicted octanol–water partition coefficient (Wildman–Crippen LogP) is 2.84. The fraction of sp³-hybridized carbons (Fsp3) is 0. The molecule has 0 unspecified atom stereocenters. The van der Waals surface area contributed by atoms with Crippen molar-refractivity contribution in [2.45, 2.75) is 0 Å². The Hall–Kier alpha value is -2.54. The number of rotatable bonds is 2. The fourth-order valence-electron chi connectivity index (χ4n) is 1.42. The molecule has 4 nitrogen and oxygen atoms in total. The van der Waals surface area contributed by atoms with Crippen molar-refractivity contribution in [3.05, 3.63) is 52.3 Å². The second kappa shape index (κ2) is 3.91. The summed E-state index contributed by atoms with van der Waals surface area (Å²) in [5.74, 6) is 2.23. The molecule has 2 rings (SSSR count). The second-order valence-corrected chi connectivity index (χ2v) is 3.12. The standard InChI is InChI=1S/C12H7NO3/c1-2-9-5-3-4-6-11(9)10-7-12(13(14)15)16-8-10/h1,3-8H. The normalized spacial score (nSPS) is 9.69. The number of hydrogen-bond acceptors (Lipinski definition) is 3. The molecule has 0 saturated heterocycles. The first-order valence-corrected chi connectivity index (χ1v) is 4.51. The summed E-state index contributed by atoms with van der Waals surface area (Å²) in [6, 6.07) is 8.55. The predicted molar refractivity (Wildman–Crippen MR) is 58.7 cm³/mol. The number of nitro groups is 1. The summed E-state index contributed by atoms with van der Waals surface area (Å²) in [5, 5.41) is 10.5. The summed E-state index contributed by atoms with van der Waals surface area (Å²) in [6.45, 7) is 0. The lowest BCUT2D eigenvalue weighted by Gasteiger charge is -1.99. The maximum Gasteiger partial charge on any atom is 0.433 e. The van der Waals surface area contributed by atoms with Crippen LogP contribution in [0.3, 0.4) is 0 Å². The highest BCUT2D eigenvalue weighted by Crippen LogP contribution is 2.28. The van der Waals surface area contributed by atoms with Crippen molar-refractivity contribution in [1.82, 2.24) is 0 Å². The van der Waals surface area contributed by atoms with Crippen LogP contribution in [0.4, 0.5) is 5.88 Å². The van der Waals surface area contributed by atoms with Crippen molar-refractivity contribution >= 4 is 5.88 Å². The highest BCUT2D eigenvalue weighted by Gasteiger charge is 2.14.